The lowest BCUT2D eigenvalue weighted by Gasteiger charge is -2.16. The smallest absolute Gasteiger partial charge is 0.214 e. The molecule has 0 amide bonds. The largest absolute Gasteiger partial charge is 0.494 e. The molecule has 0 saturated carbocycles. The number of hydrogen-bond donors (Lipinski definition) is 4. The number of aromatic nitrogens is 3. The van der Waals surface area contributed by atoms with Crippen molar-refractivity contribution in [2.75, 3.05) is 30.5 Å². The number of rotatable bonds is 13. The number of aliphatic hydroxyl groups excluding tert-OH is 1. The van der Waals surface area contributed by atoms with Crippen LogP contribution in [0.5, 0.6) is 11.5 Å². The molecule has 208 valence electrons. The molecule has 2 aromatic carbocycles. The molecule has 2 heterocycles. The van der Waals surface area contributed by atoms with E-state index < -0.39 is 17.6 Å². The van der Waals surface area contributed by atoms with Gasteiger partial charge in [0, 0.05) is 66.5 Å². The molecule has 0 spiro atoms. The van der Waals surface area contributed by atoms with Gasteiger partial charge in [-0.2, -0.15) is 4.39 Å². The summed E-state index contributed by atoms with van der Waals surface area (Å²) in [6.45, 7) is 1.92. The number of halogens is 3. The Kier molecular flexibility index (Phi) is 9.47. The molecule has 0 unspecified atom stereocenters. The fraction of sp³-hybridized carbons (Fsp3) is 0.214. The molecule has 9 nitrogen and oxygen atoms in total. The number of nitrogens with zero attached hydrogens (tertiary/aromatic N) is 3. The van der Waals surface area contributed by atoms with Crippen molar-refractivity contribution in [2.24, 2.45) is 0 Å². The van der Waals surface area contributed by atoms with Crippen molar-refractivity contribution >= 4 is 22.9 Å². The zero-order valence-corrected chi connectivity index (χ0v) is 21.5. The molecule has 0 aliphatic heterocycles. The SMILES string of the molecule is CCOc1cc(F)c(CNc2ccccc2C(=N)c2ncc(OCCCO)c(Nc3ccnc(F)c3)n2)c(F)c1. The van der Waals surface area contributed by atoms with E-state index in [1.165, 1.54) is 24.5 Å². The van der Waals surface area contributed by atoms with E-state index in [1.54, 1.807) is 31.2 Å². The van der Waals surface area contributed by atoms with Gasteiger partial charge in [-0.25, -0.2) is 23.7 Å². The van der Waals surface area contributed by atoms with Gasteiger partial charge in [-0.05, 0) is 19.1 Å². The molecule has 4 aromatic rings. The van der Waals surface area contributed by atoms with E-state index in [0.29, 0.717) is 23.4 Å². The molecule has 0 bridgehead atoms. The van der Waals surface area contributed by atoms with E-state index in [9.17, 15) is 13.2 Å². The molecule has 2 aromatic heterocycles. The highest BCUT2D eigenvalue weighted by atomic mass is 19.1. The molecule has 0 fully saturated rings. The van der Waals surface area contributed by atoms with E-state index in [2.05, 4.69) is 25.6 Å². The predicted octanol–water partition coefficient (Wildman–Crippen LogP) is 5.22. The predicted molar refractivity (Wildman–Crippen MR) is 144 cm³/mol. The van der Waals surface area contributed by atoms with E-state index in [-0.39, 0.29) is 60.8 Å². The maximum Gasteiger partial charge on any atom is 0.214 e. The zero-order valence-electron chi connectivity index (χ0n) is 21.5. The molecule has 12 heteroatoms. The first-order valence-electron chi connectivity index (χ1n) is 12.4. The van der Waals surface area contributed by atoms with Gasteiger partial charge in [0.15, 0.2) is 17.4 Å². The van der Waals surface area contributed by atoms with Crippen LogP contribution in [0.15, 0.2) is 60.9 Å². The Morgan fingerprint density at radius 2 is 1.80 bits per heavy atom. The fourth-order valence-electron chi connectivity index (χ4n) is 3.71. The minimum Gasteiger partial charge on any atom is -0.494 e. The van der Waals surface area contributed by atoms with Crippen molar-refractivity contribution in [3.63, 3.8) is 0 Å². The molecule has 0 saturated heterocycles. The number of aliphatic hydroxyl groups is 1. The van der Waals surface area contributed by atoms with Crippen molar-refractivity contribution in [3.8, 4) is 11.5 Å². The highest BCUT2D eigenvalue weighted by Crippen LogP contribution is 2.28. The van der Waals surface area contributed by atoms with Crippen LogP contribution in [0, 0.1) is 23.0 Å². The minimum absolute atomic E-state index is 0.0132. The summed E-state index contributed by atoms with van der Waals surface area (Å²) in [6.07, 6.45) is 3.02. The lowest BCUT2D eigenvalue weighted by atomic mass is 10.1. The van der Waals surface area contributed by atoms with Crippen LogP contribution in [0.4, 0.5) is 30.4 Å². The van der Waals surface area contributed by atoms with E-state index in [4.69, 9.17) is 20.0 Å². The molecular formula is C28H27F3N6O3. The van der Waals surface area contributed by atoms with Crippen molar-refractivity contribution in [1.29, 1.82) is 5.41 Å². The summed E-state index contributed by atoms with van der Waals surface area (Å²) in [7, 11) is 0. The normalized spacial score (nSPS) is 10.7. The van der Waals surface area contributed by atoms with Crippen LogP contribution in [-0.4, -0.2) is 45.6 Å². The second-order valence-corrected chi connectivity index (χ2v) is 8.40. The van der Waals surface area contributed by atoms with Crippen LogP contribution in [0.3, 0.4) is 0 Å². The molecule has 4 rings (SSSR count). The van der Waals surface area contributed by atoms with Gasteiger partial charge in [0.1, 0.15) is 23.1 Å². The highest BCUT2D eigenvalue weighted by molar-refractivity contribution is 6.12. The minimum atomic E-state index is -0.758. The second-order valence-electron chi connectivity index (χ2n) is 8.40. The van der Waals surface area contributed by atoms with Crippen molar-refractivity contribution in [2.45, 2.75) is 19.9 Å². The van der Waals surface area contributed by atoms with Crippen molar-refractivity contribution in [3.05, 3.63) is 95.5 Å². The van der Waals surface area contributed by atoms with Gasteiger partial charge in [0.25, 0.3) is 0 Å². The van der Waals surface area contributed by atoms with Crippen molar-refractivity contribution < 1.29 is 27.8 Å². The molecular weight excluding hydrogens is 525 g/mol. The molecule has 40 heavy (non-hydrogen) atoms. The van der Waals surface area contributed by atoms with Crippen molar-refractivity contribution in [1.82, 2.24) is 15.0 Å². The van der Waals surface area contributed by atoms with Gasteiger partial charge in [0.2, 0.25) is 5.95 Å². The molecule has 0 atom stereocenters. The molecule has 4 N–H and O–H groups in total. The average molecular weight is 553 g/mol. The van der Waals surface area contributed by atoms with Crippen LogP contribution in [-0.2, 0) is 6.54 Å². The quantitative estimate of drug-likeness (QED) is 0.101. The van der Waals surface area contributed by atoms with Gasteiger partial charge >= 0.3 is 0 Å². The lowest BCUT2D eigenvalue weighted by Crippen LogP contribution is -2.14. The van der Waals surface area contributed by atoms with Gasteiger partial charge in [-0.3, -0.25) is 5.41 Å². The first kappa shape index (κ1) is 28.3. The number of ether oxygens (including phenoxy) is 2. The number of para-hydroxylation sites is 1. The van der Waals surface area contributed by atoms with Gasteiger partial charge < -0.3 is 25.2 Å². The Bertz CT molecular complexity index is 1460. The Morgan fingerprint density at radius 1 is 1.02 bits per heavy atom. The van der Waals surface area contributed by atoms with Crippen LogP contribution in [0.1, 0.15) is 30.3 Å². The summed E-state index contributed by atoms with van der Waals surface area (Å²) in [5, 5.41) is 23.8. The number of nitrogens with one attached hydrogen (secondary N) is 3. The highest BCUT2D eigenvalue weighted by Gasteiger charge is 2.18. The molecule has 0 aliphatic carbocycles. The fourth-order valence-corrected chi connectivity index (χ4v) is 3.71. The van der Waals surface area contributed by atoms with Gasteiger partial charge in [-0.1, -0.05) is 18.2 Å². The van der Waals surface area contributed by atoms with Gasteiger partial charge in [-0.15, -0.1) is 0 Å². The first-order chi connectivity index (χ1) is 19.4. The summed E-state index contributed by atoms with van der Waals surface area (Å²) in [4.78, 5) is 12.2. The standard InChI is InChI=1S/C28H27F3N6O3/c1-2-39-18-13-21(29)20(22(30)14-18)15-34-23-7-4-3-6-19(23)26(32)28-35-16-24(40-11-5-10-38)27(37-28)36-17-8-9-33-25(31)12-17/h3-4,6-9,12-14,16,32,34,38H,2,5,10-11,15H2,1H3,(H,33,35,36,37). The zero-order chi connectivity index (χ0) is 28.5. The van der Waals surface area contributed by atoms with E-state index in [0.717, 1.165) is 12.1 Å². The monoisotopic (exact) mass is 552 g/mol. The van der Waals surface area contributed by atoms with Crippen LogP contribution in [0.2, 0.25) is 0 Å². The maximum atomic E-state index is 14.6. The topological polar surface area (TPSA) is 125 Å². The third-order valence-electron chi connectivity index (χ3n) is 5.61. The summed E-state index contributed by atoms with van der Waals surface area (Å²) < 4.78 is 53.6. The Labute approximate surface area is 228 Å². The summed E-state index contributed by atoms with van der Waals surface area (Å²) in [6, 6.07) is 11.7. The Balaban J connectivity index is 1.60. The third kappa shape index (κ3) is 7.03. The van der Waals surface area contributed by atoms with E-state index >= 15 is 0 Å². The third-order valence-corrected chi connectivity index (χ3v) is 5.61. The number of pyridine rings is 1. The summed E-state index contributed by atoms with van der Waals surface area (Å²) >= 11 is 0. The summed E-state index contributed by atoms with van der Waals surface area (Å²) in [5.41, 5.74) is 0.891. The Morgan fingerprint density at radius 3 is 2.52 bits per heavy atom. The number of anilines is 3. The second kappa shape index (κ2) is 13.4. The number of benzene rings is 2. The number of hydrogen-bond acceptors (Lipinski definition) is 9. The molecule has 0 radical (unpaired) electrons. The molecule has 0 aliphatic rings. The summed E-state index contributed by atoms with van der Waals surface area (Å²) in [5.74, 6) is -1.70. The Hall–Kier alpha value is -4.71. The lowest BCUT2D eigenvalue weighted by molar-refractivity contribution is 0.233. The van der Waals surface area contributed by atoms with E-state index in [1.807, 2.05) is 0 Å². The van der Waals surface area contributed by atoms with Crippen LogP contribution >= 0.6 is 0 Å². The first-order valence-corrected chi connectivity index (χ1v) is 12.4. The van der Waals surface area contributed by atoms with Crippen LogP contribution in [0.25, 0.3) is 0 Å². The van der Waals surface area contributed by atoms with Crippen LogP contribution < -0.4 is 20.1 Å². The van der Waals surface area contributed by atoms with Gasteiger partial charge in [0.05, 0.1) is 19.4 Å². The average Bonchev–Trinajstić information content (AvgIpc) is 2.93. The maximum absolute atomic E-state index is 14.6.